The molecule has 2 fully saturated rings. The fourth-order valence-corrected chi connectivity index (χ4v) is 5.67. The van der Waals surface area contributed by atoms with E-state index in [2.05, 4.69) is 46.4 Å². The van der Waals surface area contributed by atoms with Crippen molar-refractivity contribution in [2.45, 2.75) is 57.5 Å². The topological polar surface area (TPSA) is 23.6 Å². The first-order valence-electron chi connectivity index (χ1n) is 10.9. The minimum Gasteiger partial charge on any atom is -0.294 e. The molecular formula is C24H32N2OS. The number of carbonyl (C=O) groups is 1. The van der Waals surface area contributed by atoms with Gasteiger partial charge in [0.25, 0.3) is 0 Å². The summed E-state index contributed by atoms with van der Waals surface area (Å²) in [5.41, 5.74) is 2.07. The van der Waals surface area contributed by atoms with E-state index in [1.165, 1.54) is 49.0 Å². The molecule has 0 spiro atoms. The van der Waals surface area contributed by atoms with Crippen molar-refractivity contribution in [3.63, 3.8) is 0 Å². The predicted molar refractivity (Wildman–Crippen MR) is 117 cm³/mol. The molecule has 4 heteroatoms. The first kappa shape index (κ1) is 19.8. The number of aryl methyl sites for hydroxylation is 1. The van der Waals surface area contributed by atoms with Crippen LogP contribution >= 0.6 is 11.3 Å². The third-order valence-electron chi connectivity index (χ3n) is 6.31. The highest BCUT2D eigenvalue weighted by molar-refractivity contribution is 7.10. The average molecular weight is 397 g/mol. The fraction of sp³-hybridized carbons (Fsp3) is 0.542. The second-order valence-corrected chi connectivity index (χ2v) is 9.31. The van der Waals surface area contributed by atoms with Gasteiger partial charge in [0.2, 0.25) is 0 Å². The maximum Gasteiger partial charge on any atom is 0.181 e. The van der Waals surface area contributed by atoms with Crippen LogP contribution in [0.3, 0.4) is 0 Å². The predicted octanol–water partition coefficient (Wildman–Crippen LogP) is 5.32. The number of carbonyl (C=O) groups excluding carboxylic acids is 1. The number of ketones is 1. The van der Waals surface area contributed by atoms with Gasteiger partial charge in [-0.05, 0) is 70.2 Å². The first-order valence-corrected chi connectivity index (χ1v) is 11.7. The Morgan fingerprint density at radius 3 is 2.04 bits per heavy atom. The number of piperidine rings is 2. The van der Waals surface area contributed by atoms with E-state index in [0.717, 1.165) is 31.7 Å². The Bertz CT molecular complexity index is 743. The summed E-state index contributed by atoms with van der Waals surface area (Å²) in [7, 11) is 0. The van der Waals surface area contributed by atoms with Gasteiger partial charge in [-0.15, -0.1) is 11.3 Å². The van der Waals surface area contributed by atoms with E-state index in [1.807, 2.05) is 23.5 Å². The summed E-state index contributed by atoms with van der Waals surface area (Å²) >= 11 is 1.81. The van der Waals surface area contributed by atoms with Gasteiger partial charge in [-0.3, -0.25) is 14.6 Å². The molecule has 0 N–H and O–H groups in total. The Morgan fingerprint density at radius 2 is 1.46 bits per heavy atom. The number of benzene rings is 1. The maximum atomic E-state index is 13.9. The highest BCUT2D eigenvalue weighted by Crippen LogP contribution is 2.35. The normalized spacial score (nSPS) is 21.3. The van der Waals surface area contributed by atoms with E-state index in [-0.39, 0.29) is 12.1 Å². The van der Waals surface area contributed by atoms with E-state index in [9.17, 15) is 4.79 Å². The minimum absolute atomic E-state index is 0.0836. The van der Waals surface area contributed by atoms with Gasteiger partial charge < -0.3 is 0 Å². The monoisotopic (exact) mass is 396 g/mol. The zero-order valence-electron chi connectivity index (χ0n) is 17.0. The summed E-state index contributed by atoms with van der Waals surface area (Å²) in [5, 5.41) is 2.16. The number of likely N-dealkylation sites (tertiary alicyclic amines) is 2. The molecule has 2 aliphatic rings. The molecule has 2 aliphatic heterocycles. The summed E-state index contributed by atoms with van der Waals surface area (Å²) in [4.78, 5) is 20.3. The molecule has 150 valence electrons. The zero-order valence-corrected chi connectivity index (χ0v) is 17.8. The molecule has 0 aliphatic carbocycles. The molecule has 1 aromatic carbocycles. The molecule has 2 aromatic rings. The Morgan fingerprint density at radius 1 is 0.857 bits per heavy atom. The van der Waals surface area contributed by atoms with E-state index in [4.69, 9.17) is 0 Å². The van der Waals surface area contributed by atoms with Gasteiger partial charge in [-0.1, -0.05) is 48.7 Å². The Hall–Kier alpha value is -1.49. The van der Waals surface area contributed by atoms with Crippen LogP contribution in [0, 0.1) is 6.92 Å². The van der Waals surface area contributed by atoms with Crippen LogP contribution in [0.15, 0.2) is 41.8 Å². The molecule has 4 rings (SSSR count). The van der Waals surface area contributed by atoms with Crippen LogP contribution in [0.1, 0.15) is 65.4 Å². The number of rotatable bonds is 6. The Kier molecular flexibility index (Phi) is 6.61. The van der Waals surface area contributed by atoms with Gasteiger partial charge in [0.15, 0.2) is 5.78 Å². The lowest BCUT2D eigenvalue weighted by atomic mass is 9.91. The molecule has 28 heavy (non-hydrogen) atoms. The number of hydrogen-bond acceptors (Lipinski definition) is 4. The molecule has 0 bridgehead atoms. The van der Waals surface area contributed by atoms with Crippen LogP contribution in [0.25, 0.3) is 0 Å². The van der Waals surface area contributed by atoms with Crippen molar-refractivity contribution in [3.8, 4) is 0 Å². The largest absolute Gasteiger partial charge is 0.294 e. The number of thiophene rings is 1. The molecule has 0 amide bonds. The van der Waals surface area contributed by atoms with Crippen molar-refractivity contribution in [3.05, 3.63) is 57.8 Å². The molecule has 3 heterocycles. The molecule has 3 nitrogen and oxygen atoms in total. The molecule has 2 saturated heterocycles. The summed E-state index contributed by atoms with van der Waals surface area (Å²) in [6.45, 7) is 6.37. The van der Waals surface area contributed by atoms with Gasteiger partial charge in [-0.25, -0.2) is 0 Å². The molecule has 0 radical (unpaired) electrons. The third kappa shape index (κ3) is 4.40. The lowest BCUT2D eigenvalue weighted by Gasteiger charge is -2.44. The lowest BCUT2D eigenvalue weighted by molar-refractivity contribution is 0.0435. The Balaban J connectivity index is 1.72. The maximum absolute atomic E-state index is 13.9. The molecule has 2 atom stereocenters. The van der Waals surface area contributed by atoms with Gasteiger partial charge >= 0.3 is 0 Å². The standard InChI is InChI=1S/C24H32N2OS/c1-19-10-12-20(13-11-19)24(27)23(26-16-6-3-7-17-26)22(21-9-8-18-28-21)25-14-4-2-5-15-25/h8-13,18,22-23H,2-7,14-17H2,1H3/t22-,23+/m0/s1. The molecular weight excluding hydrogens is 364 g/mol. The smallest absolute Gasteiger partial charge is 0.181 e. The van der Waals surface area contributed by atoms with Crippen LogP contribution in [-0.2, 0) is 0 Å². The van der Waals surface area contributed by atoms with Crippen molar-refractivity contribution >= 4 is 17.1 Å². The van der Waals surface area contributed by atoms with Crippen molar-refractivity contribution in [1.82, 2.24) is 9.80 Å². The van der Waals surface area contributed by atoms with Crippen molar-refractivity contribution in [2.75, 3.05) is 26.2 Å². The van der Waals surface area contributed by atoms with E-state index >= 15 is 0 Å². The van der Waals surface area contributed by atoms with E-state index in [1.54, 1.807) is 0 Å². The zero-order chi connectivity index (χ0) is 19.3. The van der Waals surface area contributed by atoms with Gasteiger partial charge in [0.1, 0.15) is 0 Å². The summed E-state index contributed by atoms with van der Waals surface area (Å²) in [5.74, 6) is 0.297. The summed E-state index contributed by atoms with van der Waals surface area (Å²) < 4.78 is 0. The quantitative estimate of drug-likeness (QED) is 0.617. The van der Waals surface area contributed by atoms with Crippen molar-refractivity contribution < 1.29 is 4.79 Å². The Labute approximate surface area is 173 Å². The average Bonchev–Trinajstić information content (AvgIpc) is 3.27. The number of Topliss-reactive ketones (excluding diaryl/α,β-unsaturated/α-hetero) is 1. The van der Waals surface area contributed by atoms with Crippen LogP contribution in [0.5, 0.6) is 0 Å². The van der Waals surface area contributed by atoms with Gasteiger partial charge in [0, 0.05) is 10.4 Å². The van der Waals surface area contributed by atoms with Crippen LogP contribution in [0.2, 0.25) is 0 Å². The molecule has 1 aromatic heterocycles. The highest BCUT2D eigenvalue weighted by Gasteiger charge is 2.39. The lowest BCUT2D eigenvalue weighted by Crippen LogP contribution is -2.53. The highest BCUT2D eigenvalue weighted by atomic mass is 32.1. The summed E-state index contributed by atoms with van der Waals surface area (Å²) in [6.07, 6.45) is 7.49. The minimum atomic E-state index is -0.0836. The number of hydrogen-bond donors (Lipinski definition) is 0. The molecule has 0 unspecified atom stereocenters. The third-order valence-corrected chi connectivity index (χ3v) is 7.25. The fourth-order valence-electron chi connectivity index (χ4n) is 4.79. The number of nitrogens with zero attached hydrogens (tertiary/aromatic N) is 2. The van der Waals surface area contributed by atoms with E-state index in [0.29, 0.717) is 5.78 Å². The van der Waals surface area contributed by atoms with E-state index < -0.39 is 0 Å². The van der Waals surface area contributed by atoms with Crippen molar-refractivity contribution in [1.29, 1.82) is 0 Å². The van der Waals surface area contributed by atoms with Crippen LogP contribution in [0.4, 0.5) is 0 Å². The molecule has 0 saturated carbocycles. The first-order chi connectivity index (χ1) is 13.7. The second kappa shape index (κ2) is 9.34. The van der Waals surface area contributed by atoms with Crippen molar-refractivity contribution in [2.24, 2.45) is 0 Å². The van der Waals surface area contributed by atoms with Crippen LogP contribution < -0.4 is 0 Å². The SMILES string of the molecule is Cc1ccc(C(=O)[C@@H]([C@H](c2cccs2)N2CCCCC2)N2CCCCC2)cc1. The van der Waals surface area contributed by atoms with Crippen LogP contribution in [-0.4, -0.2) is 47.8 Å². The van der Waals surface area contributed by atoms with Gasteiger partial charge in [-0.2, -0.15) is 0 Å². The van der Waals surface area contributed by atoms with Gasteiger partial charge in [0.05, 0.1) is 12.1 Å². The second-order valence-electron chi connectivity index (χ2n) is 8.33. The summed E-state index contributed by atoms with van der Waals surface area (Å²) in [6, 6.07) is 12.7.